The van der Waals surface area contributed by atoms with Crippen LogP contribution in [0.1, 0.15) is 5.56 Å². The van der Waals surface area contributed by atoms with Crippen LogP contribution in [-0.2, 0) is 6.61 Å². The van der Waals surface area contributed by atoms with Gasteiger partial charge < -0.3 is 4.74 Å². The summed E-state index contributed by atoms with van der Waals surface area (Å²) in [5, 5.41) is 0.485. The fraction of sp³-hybridized carbons (Fsp3) is 0.0833. The minimum Gasteiger partial charge on any atom is -0.488 e. The Balaban J connectivity index is 2.04. The number of benzene rings is 1. The lowest BCUT2D eigenvalue weighted by Gasteiger charge is -2.08. The number of ether oxygens (including phenoxy) is 1. The van der Waals surface area contributed by atoms with Crippen LogP contribution in [0, 0.1) is 0 Å². The molecule has 0 radical (unpaired) electrons. The quantitative estimate of drug-likeness (QED) is 0.714. The molecule has 0 N–H and O–H groups in total. The first kappa shape index (κ1) is 12.9. The molecule has 0 aliphatic rings. The van der Waals surface area contributed by atoms with Crippen molar-refractivity contribution in [1.29, 1.82) is 0 Å². The summed E-state index contributed by atoms with van der Waals surface area (Å²) in [6, 6.07) is 9.41. The van der Waals surface area contributed by atoms with Gasteiger partial charge in [0.2, 0.25) is 0 Å². The second kappa shape index (κ2) is 5.85. The SMILES string of the molecule is Clc1ccc(COc2ccc(Br)cc2Br)cn1. The van der Waals surface area contributed by atoms with Crippen LogP contribution in [0.4, 0.5) is 0 Å². The molecule has 0 atom stereocenters. The molecule has 0 amide bonds. The third-order valence-electron chi connectivity index (χ3n) is 2.08. The van der Waals surface area contributed by atoms with E-state index in [9.17, 15) is 0 Å². The fourth-order valence-corrected chi connectivity index (χ4v) is 2.52. The molecule has 88 valence electrons. The molecule has 0 aliphatic heterocycles. The van der Waals surface area contributed by atoms with Crippen molar-refractivity contribution in [3.8, 4) is 5.75 Å². The first-order chi connectivity index (χ1) is 8.15. The Labute approximate surface area is 121 Å². The van der Waals surface area contributed by atoms with Crippen LogP contribution in [0.5, 0.6) is 5.75 Å². The van der Waals surface area contributed by atoms with Crippen LogP contribution >= 0.6 is 43.5 Å². The Kier molecular flexibility index (Phi) is 4.42. The summed E-state index contributed by atoms with van der Waals surface area (Å²) in [5.74, 6) is 0.795. The van der Waals surface area contributed by atoms with Crippen LogP contribution in [0.2, 0.25) is 5.15 Å². The summed E-state index contributed by atoms with van der Waals surface area (Å²) in [6.07, 6.45) is 1.70. The standard InChI is InChI=1S/C12H8Br2ClNO/c13-9-2-3-11(10(14)5-9)17-7-8-1-4-12(15)16-6-8/h1-6H,7H2. The van der Waals surface area contributed by atoms with Crippen molar-refractivity contribution in [2.45, 2.75) is 6.61 Å². The third kappa shape index (κ3) is 3.69. The third-order valence-corrected chi connectivity index (χ3v) is 3.41. The topological polar surface area (TPSA) is 22.1 Å². The minimum atomic E-state index is 0.463. The van der Waals surface area contributed by atoms with E-state index < -0.39 is 0 Å². The van der Waals surface area contributed by atoms with Gasteiger partial charge in [-0.15, -0.1) is 0 Å². The fourth-order valence-electron chi connectivity index (χ4n) is 1.25. The average Bonchev–Trinajstić information content (AvgIpc) is 2.30. The summed E-state index contributed by atoms with van der Waals surface area (Å²) < 4.78 is 7.58. The van der Waals surface area contributed by atoms with Crippen molar-refractivity contribution < 1.29 is 4.74 Å². The number of pyridine rings is 1. The molecule has 1 aromatic heterocycles. The highest BCUT2D eigenvalue weighted by Crippen LogP contribution is 2.28. The van der Waals surface area contributed by atoms with Gasteiger partial charge in [-0.3, -0.25) is 0 Å². The van der Waals surface area contributed by atoms with E-state index in [0.29, 0.717) is 11.8 Å². The van der Waals surface area contributed by atoms with Gasteiger partial charge in [0.25, 0.3) is 0 Å². The molecule has 0 aliphatic carbocycles. The largest absolute Gasteiger partial charge is 0.488 e. The van der Waals surface area contributed by atoms with Crippen LogP contribution < -0.4 is 4.74 Å². The summed E-state index contributed by atoms with van der Waals surface area (Å²) in [6.45, 7) is 0.463. The highest BCUT2D eigenvalue weighted by molar-refractivity contribution is 9.11. The Morgan fingerprint density at radius 2 is 2.00 bits per heavy atom. The highest BCUT2D eigenvalue weighted by Gasteiger charge is 2.02. The molecule has 2 nitrogen and oxygen atoms in total. The molecule has 0 unspecified atom stereocenters. The minimum absolute atomic E-state index is 0.463. The van der Waals surface area contributed by atoms with Crippen molar-refractivity contribution in [3.05, 3.63) is 56.2 Å². The Morgan fingerprint density at radius 1 is 1.18 bits per heavy atom. The molecular formula is C12H8Br2ClNO. The lowest BCUT2D eigenvalue weighted by molar-refractivity contribution is 0.304. The van der Waals surface area contributed by atoms with Gasteiger partial charge in [-0.25, -0.2) is 4.98 Å². The Bertz CT molecular complexity index is 516. The Morgan fingerprint density at radius 3 is 2.65 bits per heavy atom. The van der Waals surface area contributed by atoms with Gasteiger partial charge in [0.05, 0.1) is 4.47 Å². The molecule has 0 saturated carbocycles. The van der Waals surface area contributed by atoms with Crippen molar-refractivity contribution >= 4 is 43.5 Å². The Hall–Kier alpha value is -0.580. The highest BCUT2D eigenvalue weighted by atomic mass is 79.9. The van der Waals surface area contributed by atoms with Crippen molar-refractivity contribution in [3.63, 3.8) is 0 Å². The molecule has 0 bridgehead atoms. The van der Waals surface area contributed by atoms with Crippen LogP contribution in [0.3, 0.4) is 0 Å². The van der Waals surface area contributed by atoms with E-state index in [1.54, 1.807) is 12.3 Å². The number of rotatable bonds is 3. The molecule has 2 rings (SSSR count). The van der Waals surface area contributed by atoms with E-state index in [1.807, 2.05) is 24.3 Å². The van der Waals surface area contributed by atoms with Crippen molar-refractivity contribution in [1.82, 2.24) is 4.98 Å². The summed E-state index contributed by atoms with van der Waals surface area (Å²) in [4.78, 5) is 3.99. The van der Waals surface area contributed by atoms with E-state index in [4.69, 9.17) is 16.3 Å². The van der Waals surface area contributed by atoms with Crippen LogP contribution in [0.25, 0.3) is 0 Å². The predicted molar refractivity (Wildman–Crippen MR) is 75.4 cm³/mol. The van der Waals surface area contributed by atoms with Crippen LogP contribution in [-0.4, -0.2) is 4.98 Å². The van der Waals surface area contributed by atoms with E-state index in [-0.39, 0.29) is 0 Å². The van der Waals surface area contributed by atoms with Crippen LogP contribution in [0.15, 0.2) is 45.5 Å². The van der Waals surface area contributed by atoms with Gasteiger partial charge in [-0.2, -0.15) is 0 Å². The van der Waals surface area contributed by atoms with Crippen molar-refractivity contribution in [2.75, 3.05) is 0 Å². The molecular weight excluding hydrogens is 369 g/mol. The summed E-state index contributed by atoms with van der Waals surface area (Å²) in [7, 11) is 0. The first-order valence-electron chi connectivity index (χ1n) is 4.83. The normalized spacial score (nSPS) is 10.3. The molecule has 0 fully saturated rings. The monoisotopic (exact) mass is 375 g/mol. The molecule has 0 spiro atoms. The molecule has 0 saturated heterocycles. The van der Waals surface area contributed by atoms with Gasteiger partial charge >= 0.3 is 0 Å². The van der Waals surface area contributed by atoms with E-state index in [1.165, 1.54) is 0 Å². The molecule has 1 aromatic carbocycles. The van der Waals surface area contributed by atoms with Gasteiger partial charge in [-0.1, -0.05) is 33.6 Å². The van der Waals surface area contributed by atoms with E-state index in [0.717, 1.165) is 20.3 Å². The zero-order valence-corrected chi connectivity index (χ0v) is 12.6. The van der Waals surface area contributed by atoms with E-state index in [2.05, 4.69) is 36.8 Å². The predicted octanol–water partition coefficient (Wildman–Crippen LogP) is 4.84. The van der Waals surface area contributed by atoms with Gasteiger partial charge in [-0.05, 0) is 40.2 Å². The molecule has 1 heterocycles. The lowest BCUT2D eigenvalue weighted by atomic mass is 10.3. The van der Waals surface area contributed by atoms with E-state index >= 15 is 0 Å². The zero-order chi connectivity index (χ0) is 12.3. The maximum Gasteiger partial charge on any atom is 0.134 e. The summed E-state index contributed by atoms with van der Waals surface area (Å²) >= 11 is 12.5. The lowest BCUT2D eigenvalue weighted by Crippen LogP contribution is -1.96. The number of nitrogens with zero attached hydrogens (tertiary/aromatic N) is 1. The number of hydrogen-bond acceptors (Lipinski definition) is 2. The number of aromatic nitrogens is 1. The number of halogens is 3. The maximum atomic E-state index is 5.71. The van der Waals surface area contributed by atoms with Crippen molar-refractivity contribution in [2.24, 2.45) is 0 Å². The smallest absolute Gasteiger partial charge is 0.134 e. The molecule has 5 heteroatoms. The second-order valence-electron chi connectivity index (χ2n) is 3.35. The summed E-state index contributed by atoms with van der Waals surface area (Å²) in [5.41, 5.74) is 0.976. The maximum absolute atomic E-state index is 5.71. The van der Waals surface area contributed by atoms with Gasteiger partial charge in [0, 0.05) is 16.2 Å². The zero-order valence-electron chi connectivity index (χ0n) is 8.66. The average molecular weight is 377 g/mol. The second-order valence-corrected chi connectivity index (χ2v) is 5.51. The number of hydrogen-bond donors (Lipinski definition) is 0. The first-order valence-corrected chi connectivity index (χ1v) is 6.80. The molecule has 17 heavy (non-hydrogen) atoms. The molecule has 2 aromatic rings. The van der Waals surface area contributed by atoms with Gasteiger partial charge in [0.15, 0.2) is 0 Å². The van der Waals surface area contributed by atoms with Gasteiger partial charge in [0.1, 0.15) is 17.5 Å².